The highest BCUT2D eigenvalue weighted by atomic mass is 16.1. The normalized spacial score (nSPS) is 13.7. The van der Waals surface area contributed by atoms with Crippen LogP contribution >= 0.6 is 0 Å². The number of nitrogen functional groups attached to an aromatic ring is 1. The lowest BCUT2D eigenvalue weighted by molar-refractivity contribution is -0.111. The number of hydrogen-bond donors (Lipinski definition) is 2. The molecule has 1 amide bonds. The molecule has 31 heavy (non-hydrogen) atoms. The van der Waals surface area contributed by atoms with E-state index in [4.69, 9.17) is 5.73 Å². The molecule has 0 fully saturated rings. The molecular formula is C27H27N3O. The molecule has 0 radical (unpaired) electrons. The van der Waals surface area contributed by atoms with Gasteiger partial charge in [-0.3, -0.25) is 9.69 Å². The Labute approximate surface area is 183 Å². The molecule has 4 heteroatoms. The molecule has 3 N–H and O–H groups in total. The minimum atomic E-state index is -0.211. The summed E-state index contributed by atoms with van der Waals surface area (Å²) in [4.78, 5) is 14.6. The summed E-state index contributed by atoms with van der Waals surface area (Å²) in [6.45, 7) is 7.17. The molecule has 0 aromatic heterocycles. The van der Waals surface area contributed by atoms with Gasteiger partial charge in [-0.05, 0) is 52.5 Å². The van der Waals surface area contributed by atoms with Gasteiger partial charge in [0.1, 0.15) is 0 Å². The van der Waals surface area contributed by atoms with E-state index < -0.39 is 0 Å². The average molecular weight is 410 g/mol. The van der Waals surface area contributed by atoms with E-state index in [-0.39, 0.29) is 5.91 Å². The van der Waals surface area contributed by atoms with Crippen LogP contribution in [-0.2, 0) is 17.8 Å². The van der Waals surface area contributed by atoms with Crippen molar-refractivity contribution in [3.8, 4) is 0 Å². The number of nitrogens with zero attached hydrogens (tertiary/aromatic N) is 1. The van der Waals surface area contributed by atoms with E-state index >= 15 is 0 Å². The van der Waals surface area contributed by atoms with Crippen molar-refractivity contribution >= 4 is 28.9 Å². The van der Waals surface area contributed by atoms with Crippen molar-refractivity contribution in [2.24, 2.45) is 0 Å². The minimum absolute atomic E-state index is 0.211. The molecule has 1 aliphatic heterocycles. The van der Waals surface area contributed by atoms with Crippen LogP contribution in [0.1, 0.15) is 22.3 Å². The van der Waals surface area contributed by atoms with Crippen LogP contribution in [0.3, 0.4) is 0 Å². The lowest BCUT2D eigenvalue weighted by Gasteiger charge is -2.29. The number of carbonyl (C=O) groups is 1. The number of para-hydroxylation sites is 2. The highest BCUT2D eigenvalue weighted by Crippen LogP contribution is 2.22. The number of amides is 1. The number of carbonyl (C=O) groups excluding carboxylic acids is 1. The molecule has 1 aliphatic rings. The van der Waals surface area contributed by atoms with Crippen molar-refractivity contribution in [3.05, 3.63) is 108 Å². The Morgan fingerprint density at radius 2 is 1.71 bits per heavy atom. The van der Waals surface area contributed by atoms with Gasteiger partial charge in [0, 0.05) is 25.7 Å². The van der Waals surface area contributed by atoms with Crippen LogP contribution in [0.15, 0.2) is 85.5 Å². The van der Waals surface area contributed by atoms with Crippen LogP contribution in [0.25, 0.3) is 11.6 Å². The standard InChI is InChI=1S/C27H27N3O/c1-20(18-30-17-16-23-6-2-3-7-24(23)19-30)22-13-10-21(11-14-22)12-15-27(31)29-26-9-5-4-8-25(26)28/h2-15H,1,16-19,28H2,(H,29,31). The fourth-order valence-corrected chi connectivity index (χ4v) is 3.84. The molecule has 0 saturated carbocycles. The Kier molecular flexibility index (Phi) is 6.29. The first-order chi connectivity index (χ1) is 15.1. The van der Waals surface area contributed by atoms with Crippen molar-refractivity contribution in [2.75, 3.05) is 24.1 Å². The van der Waals surface area contributed by atoms with Crippen LogP contribution in [0.5, 0.6) is 0 Å². The monoisotopic (exact) mass is 409 g/mol. The van der Waals surface area contributed by atoms with Crippen molar-refractivity contribution < 1.29 is 4.79 Å². The summed E-state index contributed by atoms with van der Waals surface area (Å²) in [6, 6.07) is 24.0. The Bertz CT molecular complexity index is 1120. The summed E-state index contributed by atoms with van der Waals surface area (Å²) in [6.07, 6.45) is 4.40. The fourth-order valence-electron chi connectivity index (χ4n) is 3.84. The number of fused-ring (bicyclic) bond motifs is 1. The number of rotatable bonds is 6. The summed E-state index contributed by atoms with van der Waals surface area (Å²) >= 11 is 0. The largest absolute Gasteiger partial charge is 0.397 e. The predicted octanol–water partition coefficient (Wildman–Crippen LogP) is 4.99. The molecule has 4 rings (SSSR count). The third-order valence-corrected chi connectivity index (χ3v) is 5.59. The molecule has 1 heterocycles. The van der Waals surface area contributed by atoms with Gasteiger partial charge in [0.05, 0.1) is 11.4 Å². The summed E-state index contributed by atoms with van der Waals surface area (Å²) < 4.78 is 0. The second-order valence-electron chi connectivity index (χ2n) is 7.86. The second kappa shape index (κ2) is 9.45. The molecule has 3 aromatic rings. The van der Waals surface area contributed by atoms with Crippen molar-refractivity contribution in [3.63, 3.8) is 0 Å². The van der Waals surface area contributed by atoms with Crippen molar-refractivity contribution in [2.45, 2.75) is 13.0 Å². The molecule has 0 spiro atoms. The highest BCUT2D eigenvalue weighted by Gasteiger charge is 2.16. The van der Waals surface area contributed by atoms with E-state index in [0.717, 1.165) is 42.8 Å². The summed E-state index contributed by atoms with van der Waals surface area (Å²) in [5.74, 6) is -0.211. The van der Waals surface area contributed by atoms with Gasteiger partial charge in [0.25, 0.3) is 0 Å². The SMILES string of the molecule is C=C(CN1CCc2ccccc2C1)c1ccc(C=CC(=O)Nc2ccccc2N)cc1. The number of nitrogens with two attached hydrogens (primary N) is 1. The quantitative estimate of drug-likeness (QED) is 0.445. The minimum Gasteiger partial charge on any atom is -0.397 e. The third kappa shape index (κ3) is 5.30. The molecule has 156 valence electrons. The molecule has 0 bridgehead atoms. The first-order valence-electron chi connectivity index (χ1n) is 10.5. The zero-order chi connectivity index (χ0) is 21.6. The van der Waals surface area contributed by atoms with E-state index in [1.165, 1.54) is 17.2 Å². The summed E-state index contributed by atoms with van der Waals surface area (Å²) in [5.41, 5.74) is 13.1. The maximum atomic E-state index is 12.1. The lowest BCUT2D eigenvalue weighted by Crippen LogP contribution is -2.31. The van der Waals surface area contributed by atoms with Crippen molar-refractivity contribution in [1.29, 1.82) is 0 Å². The van der Waals surface area contributed by atoms with E-state index in [0.29, 0.717) is 11.4 Å². The first-order valence-corrected chi connectivity index (χ1v) is 10.5. The van der Waals surface area contributed by atoms with E-state index in [1.807, 2.05) is 24.3 Å². The van der Waals surface area contributed by atoms with Gasteiger partial charge >= 0.3 is 0 Å². The van der Waals surface area contributed by atoms with Gasteiger partial charge in [-0.1, -0.05) is 67.2 Å². The predicted molar refractivity (Wildman–Crippen MR) is 129 cm³/mol. The van der Waals surface area contributed by atoms with Crippen LogP contribution in [0, 0.1) is 0 Å². The van der Waals surface area contributed by atoms with Crippen LogP contribution < -0.4 is 11.1 Å². The van der Waals surface area contributed by atoms with Gasteiger partial charge < -0.3 is 11.1 Å². The smallest absolute Gasteiger partial charge is 0.248 e. The maximum absolute atomic E-state index is 12.1. The molecule has 3 aromatic carbocycles. The van der Waals surface area contributed by atoms with Gasteiger partial charge in [0.15, 0.2) is 0 Å². The molecule has 4 nitrogen and oxygen atoms in total. The molecule has 0 aliphatic carbocycles. The molecular weight excluding hydrogens is 382 g/mol. The number of benzene rings is 3. The van der Waals surface area contributed by atoms with Crippen LogP contribution in [0.2, 0.25) is 0 Å². The topological polar surface area (TPSA) is 58.4 Å². The Balaban J connectivity index is 1.32. The first kappa shape index (κ1) is 20.6. The Morgan fingerprint density at radius 1 is 1.00 bits per heavy atom. The average Bonchev–Trinajstić information content (AvgIpc) is 2.79. The third-order valence-electron chi connectivity index (χ3n) is 5.59. The van der Waals surface area contributed by atoms with Gasteiger partial charge in [-0.25, -0.2) is 0 Å². The lowest BCUT2D eigenvalue weighted by atomic mass is 9.98. The van der Waals surface area contributed by atoms with E-state index in [9.17, 15) is 4.79 Å². The fraction of sp³-hybridized carbons (Fsp3) is 0.148. The maximum Gasteiger partial charge on any atom is 0.248 e. The van der Waals surface area contributed by atoms with Gasteiger partial charge in [-0.15, -0.1) is 0 Å². The zero-order valence-corrected chi connectivity index (χ0v) is 17.6. The van der Waals surface area contributed by atoms with E-state index in [2.05, 4.69) is 53.2 Å². The summed E-state index contributed by atoms with van der Waals surface area (Å²) in [7, 11) is 0. The van der Waals surface area contributed by atoms with Gasteiger partial charge in [0.2, 0.25) is 5.91 Å². The number of anilines is 2. The number of hydrogen-bond acceptors (Lipinski definition) is 3. The van der Waals surface area contributed by atoms with Crippen molar-refractivity contribution in [1.82, 2.24) is 4.90 Å². The highest BCUT2D eigenvalue weighted by molar-refractivity contribution is 6.03. The van der Waals surface area contributed by atoms with Crippen LogP contribution in [-0.4, -0.2) is 23.9 Å². The second-order valence-corrected chi connectivity index (χ2v) is 7.86. The van der Waals surface area contributed by atoms with E-state index in [1.54, 1.807) is 18.2 Å². The zero-order valence-electron chi connectivity index (χ0n) is 17.6. The van der Waals surface area contributed by atoms with Crippen LogP contribution in [0.4, 0.5) is 11.4 Å². The molecule has 0 atom stereocenters. The Hall–Kier alpha value is -3.63. The van der Waals surface area contributed by atoms with Gasteiger partial charge in [-0.2, -0.15) is 0 Å². The number of nitrogens with one attached hydrogen (secondary N) is 1. The molecule has 0 unspecified atom stereocenters. The Morgan fingerprint density at radius 3 is 2.48 bits per heavy atom. The molecule has 0 saturated heterocycles. The summed E-state index contributed by atoms with van der Waals surface area (Å²) in [5, 5.41) is 2.79.